The number of benzene rings is 2. The van der Waals surface area contributed by atoms with Crippen LogP contribution in [0.1, 0.15) is 16.8 Å². The quantitative estimate of drug-likeness (QED) is 0.555. The zero-order valence-electron chi connectivity index (χ0n) is 18.4. The van der Waals surface area contributed by atoms with Gasteiger partial charge in [-0.05, 0) is 42.8 Å². The summed E-state index contributed by atoms with van der Waals surface area (Å²) in [4.78, 5) is 45.6. The highest BCUT2D eigenvalue weighted by Crippen LogP contribution is 2.26. The number of likely N-dealkylation sites (tertiary alicyclic amines) is 1. The molecule has 34 heavy (non-hydrogen) atoms. The SMILES string of the molecule is CN(CC(=O)N1CC(C(=O)Nc2ccccc2)CC1C#N)C(=O)c1ccc2nccc(Br)c2c1. The summed E-state index contributed by atoms with van der Waals surface area (Å²) in [6, 6.07) is 17.4. The van der Waals surface area contributed by atoms with Gasteiger partial charge in [-0.25, -0.2) is 0 Å². The summed E-state index contributed by atoms with van der Waals surface area (Å²) in [7, 11) is 1.54. The molecule has 1 saturated heterocycles. The van der Waals surface area contributed by atoms with Crippen LogP contribution in [0.3, 0.4) is 0 Å². The molecule has 172 valence electrons. The molecule has 1 aliphatic heterocycles. The lowest BCUT2D eigenvalue weighted by Gasteiger charge is -2.24. The fraction of sp³-hybridized carbons (Fsp3) is 0.240. The number of aromatic nitrogens is 1. The number of nitrogens with one attached hydrogen (secondary N) is 1. The van der Waals surface area contributed by atoms with Gasteiger partial charge in [0, 0.05) is 40.9 Å². The van der Waals surface area contributed by atoms with Crippen molar-refractivity contribution in [2.45, 2.75) is 12.5 Å². The van der Waals surface area contributed by atoms with Crippen LogP contribution in [-0.2, 0) is 9.59 Å². The summed E-state index contributed by atoms with van der Waals surface area (Å²) in [6.45, 7) is -0.0668. The van der Waals surface area contributed by atoms with Crippen molar-refractivity contribution in [2.75, 3.05) is 25.5 Å². The second kappa shape index (κ2) is 10.0. The predicted molar refractivity (Wildman–Crippen MR) is 131 cm³/mol. The van der Waals surface area contributed by atoms with Gasteiger partial charge < -0.3 is 15.1 Å². The second-order valence-corrected chi connectivity index (χ2v) is 9.02. The van der Waals surface area contributed by atoms with Gasteiger partial charge in [0.25, 0.3) is 5.91 Å². The number of hydrogen-bond donors (Lipinski definition) is 1. The van der Waals surface area contributed by atoms with E-state index in [0.717, 1.165) is 15.4 Å². The topological polar surface area (TPSA) is 106 Å². The van der Waals surface area contributed by atoms with Crippen molar-refractivity contribution in [3.63, 3.8) is 0 Å². The fourth-order valence-corrected chi connectivity index (χ4v) is 4.46. The molecule has 1 aromatic heterocycles. The van der Waals surface area contributed by atoms with Crippen molar-refractivity contribution in [1.29, 1.82) is 5.26 Å². The molecule has 2 unspecified atom stereocenters. The van der Waals surface area contributed by atoms with Gasteiger partial charge in [-0.1, -0.05) is 34.1 Å². The third kappa shape index (κ3) is 4.92. The van der Waals surface area contributed by atoms with Crippen molar-refractivity contribution in [1.82, 2.24) is 14.8 Å². The van der Waals surface area contributed by atoms with Gasteiger partial charge in [-0.15, -0.1) is 0 Å². The number of rotatable bonds is 5. The number of anilines is 1. The van der Waals surface area contributed by atoms with Gasteiger partial charge in [-0.3, -0.25) is 19.4 Å². The maximum atomic E-state index is 13.0. The van der Waals surface area contributed by atoms with Crippen LogP contribution in [0.15, 0.2) is 65.3 Å². The van der Waals surface area contributed by atoms with Gasteiger partial charge in [0.2, 0.25) is 11.8 Å². The summed E-state index contributed by atoms with van der Waals surface area (Å²) in [5.41, 5.74) is 1.83. The molecule has 4 rings (SSSR count). The first-order valence-corrected chi connectivity index (χ1v) is 11.5. The number of likely N-dealkylation sites (N-methyl/N-ethyl adjacent to an activating group) is 1. The number of carbonyl (C=O) groups excluding carboxylic acids is 3. The third-order valence-corrected chi connectivity index (χ3v) is 6.53. The first-order valence-electron chi connectivity index (χ1n) is 10.7. The molecule has 0 aliphatic carbocycles. The molecule has 2 aromatic carbocycles. The van der Waals surface area contributed by atoms with Crippen LogP contribution in [-0.4, -0.2) is 58.7 Å². The number of para-hydroxylation sites is 1. The lowest BCUT2D eigenvalue weighted by Crippen LogP contribution is -2.43. The van der Waals surface area contributed by atoms with E-state index in [-0.39, 0.29) is 37.2 Å². The number of halogens is 1. The Morgan fingerprint density at radius 1 is 1.21 bits per heavy atom. The molecule has 2 heterocycles. The Kier molecular flexibility index (Phi) is 6.89. The monoisotopic (exact) mass is 519 g/mol. The first-order chi connectivity index (χ1) is 16.4. The molecule has 8 nitrogen and oxygen atoms in total. The maximum Gasteiger partial charge on any atom is 0.254 e. The number of nitrogens with zero attached hydrogens (tertiary/aromatic N) is 4. The lowest BCUT2D eigenvalue weighted by molar-refractivity contribution is -0.131. The van der Waals surface area contributed by atoms with Crippen molar-refractivity contribution in [3.05, 3.63) is 70.8 Å². The van der Waals surface area contributed by atoms with Gasteiger partial charge in [-0.2, -0.15) is 5.26 Å². The van der Waals surface area contributed by atoms with Crippen LogP contribution in [0.5, 0.6) is 0 Å². The van der Waals surface area contributed by atoms with Crippen molar-refractivity contribution >= 4 is 50.2 Å². The Balaban J connectivity index is 1.42. The number of pyridine rings is 1. The highest BCUT2D eigenvalue weighted by atomic mass is 79.9. The second-order valence-electron chi connectivity index (χ2n) is 8.16. The molecule has 0 radical (unpaired) electrons. The smallest absolute Gasteiger partial charge is 0.254 e. The Bertz CT molecular complexity index is 1290. The third-order valence-electron chi connectivity index (χ3n) is 5.84. The van der Waals surface area contributed by atoms with E-state index >= 15 is 0 Å². The van der Waals surface area contributed by atoms with E-state index in [0.29, 0.717) is 11.3 Å². The molecule has 3 aromatic rings. The molecule has 0 bridgehead atoms. The minimum absolute atomic E-state index is 0.131. The van der Waals surface area contributed by atoms with E-state index in [2.05, 4.69) is 32.3 Å². The molecule has 0 saturated carbocycles. The fourth-order valence-electron chi connectivity index (χ4n) is 4.02. The molecule has 2 atom stereocenters. The summed E-state index contributed by atoms with van der Waals surface area (Å²) in [6.07, 6.45) is 1.93. The minimum Gasteiger partial charge on any atom is -0.332 e. The zero-order chi connectivity index (χ0) is 24.2. The highest BCUT2D eigenvalue weighted by molar-refractivity contribution is 9.10. The average molecular weight is 520 g/mol. The Morgan fingerprint density at radius 3 is 2.71 bits per heavy atom. The van der Waals surface area contributed by atoms with Crippen molar-refractivity contribution in [2.24, 2.45) is 5.92 Å². The van der Waals surface area contributed by atoms with E-state index in [1.54, 1.807) is 49.6 Å². The number of nitriles is 1. The molecule has 1 N–H and O–H groups in total. The van der Waals surface area contributed by atoms with E-state index in [1.165, 1.54) is 9.80 Å². The standard InChI is InChI=1S/C25H22BrN5O3/c1-30(25(34)16-7-8-22-20(12-16)21(26)9-10-28-22)15-23(32)31-14-17(11-19(31)13-27)24(33)29-18-5-3-2-4-6-18/h2-10,12,17,19H,11,14-15H2,1H3,(H,29,33). The molecule has 0 spiro atoms. The Morgan fingerprint density at radius 2 is 1.97 bits per heavy atom. The number of hydrogen-bond acceptors (Lipinski definition) is 5. The minimum atomic E-state index is -0.717. The van der Waals surface area contributed by atoms with Crippen LogP contribution in [0.25, 0.3) is 10.9 Å². The van der Waals surface area contributed by atoms with E-state index < -0.39 is 12.0 Å². The van der Waals surface area contributed by atoms with Gasteiger partial charge >= 0.3 is 0 Å². The van der Waals surface area contributed by atoms with Crippen molar-refractivity contribution < 1.29 is 14.4 Å². The maximum absolute atomic E-state index is 13.0. The summed E-state index contributed by atoms with van der Waals surface area (Å²) < 4.78 is 0.819. The molecule has 9 heteroatoms. The average Bonchev–Trinajstić information content (AvgIpc) is 3.29. The summed E-state index contributed by atoms with van der Waals surface area (Å²) in [5, 5.41) is 13.2. The van der Waals surface area contributed by atoms with E-state index in [9.17, 15) is 19.6 Å². The first kappa shape index (κ1) is 23.4. The van der Waals surface area contributed by atoms with E-state index in [1.807, 2.05) is 18.2 Å². The van der Waals surface area contributed by atoms with Gasteiger partial charge in [0.05, 0.1) is 24.0 Å². The molecular formula is C25H22BrN5O3. The highest BCUT2D eigenvalue weighted by Gasteiger charge is 2.39. The largest absolute Gasteiger partial charge is 0.332 e. The molecule has 1 aliphatic rings. The Hall–Kier alpha value is -3.77. The van der Waals surface area contributed by atoms with Crippen LogP contribution >= 0.6 is 15.9 Å². The van der Waals surface area contributed by atoms with Gasteiger partial charge in [0.1, 0.15) is 6.04 Å². The van der Waals surface area contributed by atoms with E-state index in [4.69, 9.17) is 0 Å². The predicted octanol–water partition coefficient (Wildman–Crippen LogP) is 3.45. The normalized spacial score (nSPS) is 17.3. The molecule has 1 fully saturated rings. The summed E-state index contributed by atoms with van der Waals surface area (Å²) >= 11 is 3.47. The number of amides is 3. The van der Waals surface area contributed by atoms with Gasteiger partial charge in [0.15, 0.2) is 0 Å². The number of carbonyl (C=O) groups is 3. The Labute approximate surface area is 205 Å². The van der Waals surface area contributed by atoms with Crippen molar-refractivity contribution in [3.8, 4) is 6.07 Å². The molecule has 3 amide bonds. The van der Waals surface area contributed by atoms with Crippen LogP contribution in [0.2, 0.25) is 0 Å². The van der Waals surface area contributed by atoms with Crippen LogP contribution in [0.4, 0.5) is 5.69 Å². The molecular weight excluding hydrogens is 498 g/mol. The van der Waals surface area contributed by atoms with Crippen LogP contribution in [0, 0.1) is 17.2 Å². The summed E-state index contributed by atoms with van der Waals surface area (Å²) in [5.74, 6) is -1.43. The number of fused-ring (bicyclic) bond motifs is 1. The van der Waals surface area contributed by atoms with Crippen LogP contribution < -0.4 is 5.32 Å². The zero-order valence-corrected chi connectivity index (χ0v) is 20.0. The lowest BCUT2D eigenvalue weighted by atomic mass is 10.1.